The zero-order valence-corrected chi connectivity index (χ0v) is 8.83. The molecule has 84 valence electrons. The Morgan fingerprint density at radius 3 is 2.69 bits per heavy atom. The highest BCUT2D eigenvalue weighted by molar-refractivity contribution is 7.92. The average Bonchev–Trinajstić information content (AvgIpc) is 2.75. The van der Waals surface area contributed by atoms with Crippen molar-refractivity contribution < 1.29 is 12.8 Å². The van der Waals surface area contributed by atoms with E-state index < -0.39 is 15.8 Å². The Hall–Kier alpha value is -1.89. The largest absolute Gasteiger partial charge is 0.334 e. The predicted octanol–water partition coefficient (Wildman–Crippen LogP) is 1.35. The molecule has 2 rings (SSSR count). The van der Waals surface area contributed by atoms with Crippen LogP contribution in [0.25, 0.3) is 0 Å². The molecule has 0 aliphatic rings. The van der Waals surface area contributed by atoms with E-state index in [9.17, 15) is 12.8 Å². The Morgan fingerprint density at radius 1 is 1.31 bits per heavy atom. The van der Waals surface area contributed by atoms with Gasteiger partial charge in [0, 0.05) is 0 Å². The van der Waals surface area contributed by atoms with Gasteiger partial charge >= 0.3 is 0 Å². The maximum absolute atomic E-state index is 13.2. The van der Waals surface area contributed by atoms with Gasteiger partial charge in [-0.1, -0.05) is 12.1 Å². The minimum Gasteiger partial charge on any atom is -0.334 e. The molecular weight excluding hydrogens is 233 g/mol. The van der Waals surface area contributed by atoms with Crippen molar-refractivity contribution in [2.24, 2.45) is 0 Å². The Kier molecular flexibility index (Phi) is 2.61. The number of hydrogen-bond donors (Lipinski definition) is 2. The Balaban J connectivity index is 2.33. The number of sulfonamides is 1. The molecule has 1 aromatic carbocycles. The van der Waals surface area contributed by atoms with Gasteiger partial charge in [-0.2, -0.15) is 8.42 Å². The van der Waals surface area contributed by atoms with E-state index in [1.807, 2.05) is 0 Å². The van der Waals surface area contributed by atoms with Gasteiger partial charge < -0.3 is 4.98 Å². The van der Waals surface area contributed by atoms with E-state index in [1.54, 1.807) is 0 Å². The van der Waals surface area contributed by atoms with E-state index in [4.69, 9.17) is 0 Å². The van der Waals surface area contributed by atoms with Crippen molar-refractivity contribution in [3.05, 3.63) is 42.6 Å². The molecule has 0 spiro atoms. The number of rotatable bonds is 3. The highest BCUT2D eigenvalue weighted by atomic mass is 32.2. The van der Waals surface area contributed by atoms with Crippen LogP contribution in [0.2, 0.25) is 0 Å². The summed E-state index contributed by atoms with van der Waals surface area (Å²) < 4.78 is 38.7. The highest BCUT2D eigenvalue weighted by Gasteiger charge is 2.16. The van der Waals surface area contributed by atoms with Crippen molar-refractivity contribution in [3.63, 3.8) is 0 Å². The number of H-pyrrole nitrogens is 1. The maximum Gasteiger partial charge on any atom is 0.279 e. The molecule has 7 heteroatoms. The van der Waals surface area contributed by atoms with E-state index in [1.165, 1.54) is 30.6 Å². The second-order valence-electron chi connectivity index (χ2n) is 3.00. The van der Waals surface area contributed by atoms with E-state index in [-0.39, 0.29) is 10.7 Å². The molecule has 2 aromatic rings. The van der Waals surface area contributed by atoms with Crippen LogP contribution in [0.1, 0.15) is 0 Å². The summed E-state index contributed by atoms with van der Waals surface area (Å²) in [7, 11) is -3.80. The summed E-state index contributed by atoms with van der Waals surface area (Å²) in [4.78, 5) is 6.02. The summed E-state index contributed by atoms with van der Waals surface area (Å²) in [5, 5.41) is -0.115. The third-order valence-corrected chi connectivity index (χ3v) is 3.17. The monoisotopic (exact) mass is 241 g/mol. The molecular formula is C9H8FN3O2S. The van der Waals surface area contributed by atoms with Crippen LogP contribution in [0, 0.1) is 5.82 Å². The van der Waals surface area contributed by atoms with Crippen LogP contribution in [0.15, 0.2) is 41.8 Å². The van der Waals surface area contributed by atoms with Crippen molar-refractivity contribution in [2.75, 3.05) is 4.72 Å². The first kappa shape index (κ1) is 10.6. The molecule has 0 radical (unpaired) electrons. The van der Waals surface area contributed by atoms with Gasteiger partial charge in [-0.3, -0.25) is 4.72 Å². The Labute approximate surface area is 91.4 Å². The van der Waals surface area contributed by atoms with Crippen LogP contribution in [-0.4, -0.2) is 18.4 Å². The molecule has 1 aromatic heterocycles. The zero-order valence-electron chi connectivity index (χ0n) is 8.01. The molecule has 0 aliphatic carbocycles. The molecule has 0 atom stereocenters. The fraction of sp³-hybridized carbons (Fsp3) is 0. The smallest absolute Gasteiger partial charge is 0.279 e. The van der Waals surface area contributed by atoms with Crippen LogP contribution in [0.5, 0.6) is 0 Å². The van der Waals surface area contributed by atoms with Gasteiger partial charge in [-0.05, 0) is 12.1 Å². The number of imidazole rings is 1. The number of halogens is 1. The number of aromatic nitrogens is 2. The molecule has 16 heavy (non-hydrogen) atoms. The second kappa shape index (κ2) is 3.93. The van der Waals surface area contributed by atoms with Crippen LogP contribution in [0.4, 0.5) is 10.1 Å². The van der Waals surface area contributed by atoms with E-state index >= 15 is 0 Å². The number of benzene rings is 1. The molecule has 0 fully saturated rings. The normalized spacial score (nSPS) is 11.3. The number of para-hydroxylation sites is 1. The second-order valence-corrected chi connectivity index (χ2v) is 4.65. The van der Waals surface area contributed by atoms with Gasteiger partial charge in [0.05, 0.1) is 18.2 Å². The summed E-state index contributed by atoms with van der Waals surface area (Å²) in [6.07, 6.45) is 2.37. The van der Waals surface area contributed by atoms with Crippen molar-refractivity contribution in [1.82, 2.24) is 9.97 Å². The van der Waals surface area contributed by atoms with Gasteiger partial charge in [0.2, 0.25) is 0 Å². The summed E-state index contributed by atoms with van der Waals surface area (Å²) in [6.45, 7) is 0. The number of anilines is 1. The third-order valence-electron chi connectivity index (χ3n) is 1.88. The van der Waals surface area contributed by atoms with E-state index in [0.717, 1.165) is 6.20 Å². The minimum absolute atomic E-state index is 0.0999. The van der Waals surface area contributed by atoms with Gasteiger partial charge in [0.15, 0.2) is 5.03 Å². The SMILES string of the molecule is O=S(=O)(Nc1ccccc1F)c1cnc[nH]1. The first-order valence-corrected chi connectivity index (χ1v) is 5.83. The molecule has 1 heterocycles. The molecule has 5 nitrogen and oxygen atoms in total. The maximum atomic E-state index is 13.2. The first-order valence-electron chi connectivity index (χ1n) is 4.35. The van der Waals surface area contributed by atoms with Crippen molar-refractivity contribution in [2.45, 2.75) is 5.03 Å². The predicted molar refractivity (Wildman–Crippen MR) is 55.8 cm³/mol. The third kappa shape index (κ3) is 2.03. The molecule has 2 N–H and O–H groups in total. The van der Waals surface area contributed by atoms with Crippen LogP contribution in [-0.2, 0) is 10.0 Å². The molecule has 0 aliphatic heterocycles. The Morgan fingerprint density at radius 2 is 2.06 bits per heavy atom. The fourth-order valence-electron chi connectivity index (χ4n) is 1.13. The number of hydrogen-bond acceptors (Lipinski definition) is 3. The fourth-order valence-corrected chi connectivity index (χ4v) is 2.11. The van der Waals surface area contributed by atoms with Crippen molar-refractivity contribution >= 4 is 15.7 Å². The summed E-state index contributed by atoms with van der Waals surface area (Å²) in [5.41, 5.74) is -0.0999. The van der Waals surface area contributed by atoms with Crippen LogP contribution in [0.3, 0.4) is 0 Å². The minimum atomic E-state index is -3.80. The molecule has 0 saturated carbocycles. The lowest BCUT2D eigenvalue weighted by Gasteiger charge is -2.06. The summed E-state index contributed by atoms with van der Waals surface area (Å²) in [6, 6.07) is 5.52. The topological polar surface area (TPSA) is 74.8 Å². The van der Waals surface area contributed by atoms with Crippen LogP contribution >= 0.6 is 0 Å². The van der Waals surface area contributed by atoms with Gasteiger partial charge in [0.1, 0.15) is 5.82 Å². The standard InChI is InChI=1S/C9H8FN3O2S/c10-7-3-1-2-4-8(7)13-16(14,15)9-5-11-6-12-9/h1-6,13H,(H,11,12). The van der Waals surface area contributed by atoms with Crippen molar-refractivity contribution in [3.8, 4) is 0 Å². The molecule has 0 amide bonds. The number of aromatic amines is 1. The van der Waals surface area contributed by atoms with Gasteiger partial charge in [-0.15, -0.1) is 0 Å². The van der Waals surface area contributed by atoms with Gasteiger partial charge in [-0.25, -0.2) is 9.37 Å². The lowest BCUT2D eigenvalue weighted by molar-refractivity contribution is 0.596. The lowest BCUT2D eigenvalue weighted by Crippen LogP contribution is -2.14. The first-order chi connectivity index (χ1) is 7.59. The average molecular weight is 241 g/mol. The van der Waals surface area contributed by atoms with E-state index in [0.29, 0.717) is 0 Å². The van der Waals surface area contributed by atoms with Crippen LogP contribution < -0.4 is 4.72 Å². The van der Waals surface area contributed by atoms with Crippen molar-refractivity contribution in [1.29, 1.82) is 0 Å². The summed E-state index contributed by atoms with van der Waals surface area (Å²) in [5.74, 6) is -0.634. The zero-order chi connectivity index (χ0) is 11.6. The Bertz CT molecular complexity index is 581. The number of nitrogens with zero attached hydrogens (tertiary/aromatic N) is 1. The lowest BCUT2D eigenvalue weighted by atomic mass is 10.3. The van der Waals surface area contributed by atoms with E-state index in [2.05, 4.69) is 14.7 Å². The quantitative estimate of drug-likeness (QED) is 0.851. The number of nitrogens with one attached hydrogen (secondary N) is 2. The molecule has 0 saturated heterocycles. The highest BCUT2D eigenvalue weighted by Crippen LogP contribution is 2.16. The molecule has 0 unspecified atom stereocenters. The van der Waals surface area contributed by atoms with Gasteiger partial charge in [0.25, 0.3) is 10.0 Å². The summed E-state index contributed by atoms with van der Waals surface area (Å²) >= 11 is 0. The molecule has 0 bridgehead atoms.